The van der Waals surface area contributed by atoms with Gasteiger partial charge in [0, 0.05) is 25.2 Å². The zero-order chi connectivity index (χ0) is 15.1. The van der Waals surface area contributed by atoms with Gasteiger partial charge in [-0.1, -0.05) is 12.1 Å². The minimum Gasteiger partial charge on any atom is -0.390 e. The Hall–Kier alpha value is -1.06. The van der Waals surface area contributed by atoms with Gasteiger partial charge in [0.05, 0.1) is 17.3 Å². The van der Waals surface area contributed by atoms with Crippen LogP contribution in [0.2, 0.25) is 0 Å². The summed E-state index contributed by atoms with van der Waals surface area (Å²) >= 11 is 0. The van der Waals surface area contributed by atoms with Crippen LogP contribution in [-0.4, -0.2) is 36.0 Å². The molecule has 1 aromatic carbocycles. The zero-order valence-electron chi connectivity index (χ0n) is 13.5. The van der Waals surface area contributed by atoms with Crippen LogP contribution in [0.1, 0.15) is 33.3 Å². The number of aryl methyl sites for hydroxylation is 1. The van der Waals surface area contributed by atoms with Gasteiger partial charge in [-0.15, -0.1) is 0 Å². The first-order valence-electron chi connectivity index (χ1n) is 7.29. The first-order valence-corrected chi connectivity index (χ1v) is 7.29. The summed E-state index contributed by atoms with van der Waals surface area (Å²) < 4.78 is 6.04. The Morgan fingerprint density at radius 2 is 1.85 bits per heavy atom. The summed E-state index contributed by atoms with van der Waals surface area (Å²) in [4.78, 5) is 2.20. The monoisotopic (exact) mass is 277 g/mol. The summed E-state index contributed by atoms with van der Waals surface area (Å²) in [7, 11) is 2.07. The van der Waals surface area contributed by atoms with Gasteiger partial charge >= 0.3 is 0 Å². The lowest BCUT2D eigenvalue weighted by atomic mass is 9.84. The van der Waals surface area contributed by atoms with Gasteiger partial charge in [0.2, 0.25) is 0 Å². The standard InChI is InChI=1S/C17H27NO2/c1-12-8-7-9-13(10-12)18(6)11-14-15(19)17(4,5)20-16(14,2)3/h7-10,14-15,19H,11H2,1-6H3. The van der Waals surface area contributed by atoms with E-state index in [2.05, 4.69) is 57.0 Å². The highest BCUT2D eigenvalue weighted by Crippen LogP contribution is 2.42. The maximum absolute atomic E-state index is 10.6. The number of hydrogen-bond acceptors (Lipinski definition) is 3. The number of benzene rings is 1. The topological polar surface area (TPSA) is 32.7 Å². The predicted octanol–water partition coefficient (Wildman–Crippen LogP) is 3.00. The van der Waals surface area contributed by atoms with Gasteiger partial charge in [-0.3, -0.25) is 0 Å². The summed E-state index contributed by atoms with van der Waals surface area (Å²) in [6, 6.07) is 8.43. The van der Waals surface area contributed by atoms with Crippen LogP contribution < -0.4 is 4.90 Å². The van der Waals surface area contributed by atoms with E-state index in [4.69, 9.17) is 4.74 Å². The van der Waals surface area contributed by atoms with Gasteiger partial charge in [0.15, 0.2) is 0 Å². The van der Waals surface area contributed by atoms with E-state index < -0.39 is 11.7 Å². The van der Waals surface area contributed by atoms with E-state index in [9.17, 15) is 5.11 Å². The minimum absolute atomic E-state index is 0.0861. The molecule has 112 valence electrons. The maximum atomic E-state index is 10.6. The molecule has 1 saturated heterocycles. The fourth-order valence-electron chi connectivity index (χ4n) is 3.26. The third-order valence-corrected chi connectivity index (χ3v) is 4.43. The molecule has 0 aliphatic carbocycles. The molecule has 1 aromatic rings. The molecular weight excluding hydrogens is 250 g/mol. The number of aliphatic hydroxyl groups is 1. The van der Waals surface area contributed by atoms with E-state index in [1.807, 2.05) is 13.8 Å². The van der Waals surface area contributed by atoms with Crippen LogP contribution >= 0.6 is 0 Å². The van der Waals surface area contributed by atoms with Crippen molar-refractivity contribution in [3.8, 4) is 0 Å². The molecular formula is C17H27NO2. The van der Waals surface area contributed by atoms with Gasteiger partial charge in [0.1, 0.15) is 0 Å². The lowest BCUT2D eigenvalue weighted by Crippen LogP contribution is -2.42. The van der Waals surface area contributed by atoms with Crippen molar-refractivity contribution < 1.29 is 9.84 Å². The third kappa shape index (κ3) is 2.84. The summed E-state index contributed by atoms with van der Waals surface area (Å²) in [5.74, 6) is 0.0861. The normalized spacial score (nSPS) is 27.6. The Morgan fingerprint density at radius 3 is 2.35 bits per heavy atom. The van der Waals surface area contributed by atoms with Crippen LogP contribution in [0.25, 0.3) is 0 Å². The maximum Gasteiger partial charge on any atom is 0.0897 e. The van der Waals surface area contributed by atoms with Gasteiger partial charge in [-0.05, 0) is 52.3 Å². The van der Waals surface area contributed by atoms with Crippen molar-refractivity contribution in [2.45, 2.75) is 51.9 Å². The Labute approximate surface area is 122 Å². The molecule has 2 rings (SSSR count). The SMILES string of the molecule is Cc1cccc(N(C)CC2C(O)C(C)(C)OC2(C)C)c1. The third-order valence-electron chi connectivity index (χ3n) is 4.43. The molecule has 1 aliphatic heterocycles. The predicted molar refractivity (Wildman–Crippen MR) is 83.2 cm³/mol. The average molecular weight is 277 g/mol. The molecule has 3 heteroatoms. The molecule has 0 bridgehead atoms. The first kappa shape index (κ1) is 15.3. The lowest BCUT2D eigenvalue weighted by Gasteiger charge is -2.32. The van der Waals surface area contributed by atoms with Crippen LogP contribution in [0.5, 0.6) is 0 Å². The molecule has 1 fully saturated rings. The van der Waals surface area contributed by atoms with Crippen molar-refractivity contribution >= 4 is 5.69 Å². The molecule has 1 aliphatic rings. The Balaban J connectivity index is 2.17. The molecule has 20 heavy (non-hydrogen) atoms. The summed E-state index contributed by atoms with van der Waals surface area (Å²) in [6.45, 7) is 10.9. The van der Waals surface area contributed by atoms with E-state index >= 15 is 0 Å². The average Bonchev–Trinajstić information content (AvgIpc) is 2.47. The molecule has 2 atom stereocenters. The van der Waals surface area contributed by atoms with Crippen LogP contribution in [0.4, 0.5) is 5.69 Å². The fourth-order valence-corrected chi connectivity index (χ4v) is 3.26. The highest BCUT2D eigenvalue weighted by atomic mass is 16.5. The van der Waals surface area contributed by atoms with Crippen LogP contribution in [-0.2, 0) is 4.74 Å². The van der Waals surface area contributed by atoms with Crippen molar-refractivity contribution in [2.75, 3.05) is 18.5 Å². The minimum atomic E-state index is -0.485. The summed E-state index contributed by atoms with van der Waals surface area (Å²) in [6.07, 6.45) is -0.454. The number of hydrogen-bond donors (Lipinski definition) is 1. The summed E-state index contributed by atoms with van der Waals surface area (Å²) in [5, 5.41) is 10.6. The quantitative estimate of drug-likeness (QED) is 0.922. The Morgan fingerprint density at radius 1 is 1.20 bits per heavy atom. The van der Waals surface area contributed by atoms with Crippen LogP contribution in [0.3, 0.4) is 0 Å². The first-order chi connectivity index (χ1) is 9.13. The Bertz CT molecular complexity index is 482. The van der Waals surface area contributed by atoms with Gasteiger partial charge in [-0.25, -0.2) is 0 Å². The van der Waals surface area contributed by atoms with Crippen molar-refractivity contribution in [2.24, 2.45) is 5.92 Å². The molecule has 0 radical (unpaired) electrons. The second kappa shape index (κ2) is 5.05. The lowest BCUT2D eigenvalue weighted by molar-refractivity contribution is -0.0906. The van der Waals surface area contributed by atoms with E-state index in [-0.39, 0.29) is 11.5 Å². The number of rotatable bonds is 3. The van der Waals surface area contributed by atoms with Gasteiger partial charge in [0.25, 0.3) is 0 Å². The van der Waals surface area contributed by atoms with Gasteiger partial charge < -0.3 is 14.7 Å². The number of nitrogens with zero attached hydrogens (tertiary/aromatic N) is 1. The van der Waals surface area contributed by atoms with Crippen LogP contribution in [0, 0.1) is 12.8 Å². The smallest absolute Gasteiger partial charge is 0.0897 e. The molecule has 1 N–H and O–H groups in total. The van der Waals surface area contributed by atoms with Crippen molar-refractivity contribution in [3.63, 3.8) is 0 Å². The highest BCUT2D eigenvalue weighted by molar-refractivity contribution is 5.47. The molecule has 3 nitrogen and oxygen atoms in total. The Kier molecular flexibility index (Phi) is 3.87. The number of ether oxygens (including phenoxy) is 1. The molecule has 0 saturated carbocycles. The fraction of sp³-hybridized carbons (Fsp3) is 0.647. The van der Waals surface area contributed by atoms with E-state index in [0.717, 1.165) is 6.54 Å². The molecule has 1 heterocycles. The molecule has 2 unspecified atom stereocenters. The van der Waals surface area contributed by atoms with E-state index in [1.54, 1.807) is 0 Å². The van der Waals surface area contributed by atoms with E-state index in [0.29, 0.717) is 0 Å². The second-order valence-corrected chi connectivity index (χ2v) is 7.08. The molecule has 0 amide bonds. The zero-order valence-corrected chi connectivity index (χ0v) is 13.5. The molecule has 0 aromatic heterocycles. The van der Waals surface area contributed by atoms with Crippen molar-refractivity contribution in [3.05, 3.63) is 29.8 Å². The number of aliphatic hydroxyl groups excluding tert-OH is 1. The summed E-state index contributed by atoms with van der Waals surface area (Å²) in [5.41, 5.74) is 1.62. The van der Waals surface area contributed by atoms with Crippen LogP contribution in [0.15, 0.2) is 24.3 Å². The molecule has 0 spiro atoms. The second-order valence-electron chi connectivity index (χ2n) is 7.08. The highest BCUT2D eigenvalue weighted by Gasteiger charge is 2.53. The van der Waals surface area contributed by atoms with E-state index in [1.165, 1.54) is 11.3 Å². The number of anilines is 1. The largest absolute Gasteiger partial charge is 0.390 e. The van der Waals surface area contributed by atoms with Crippen molar-refractivity contribution in [1.82, 2.24) is 0 Å². The van der Waals surface area contributed by atoms with Gasteiger partial charge in [-0.2, -0.15) is 0 Å². The van der Waals surface area contributed by atoms with Crippen molar-refractivity contribution in [1.29, 1.82) is 0 Å².